The van der Waals surface area contributed by atoms with Gasteiger partial charge in [-0.3, -0.25) is 9.34 Å². The van der Waals surface area contributed by atoms with Gasteiger partial charge in [0.1, 0.15) is 5.75 Å². The molecule has 0 fully saturated rings. The van der Waals surface area contributed by atoms with Crippen LogP contribution in [0.3, 0.4) is 0 Å². The molecule has 0 aliphatic carbocycles. The van der Waals surface area contributed by atoms with Crippen molar-refractivity contribution in [3.63, 3.8) is 0 Å². The fourth-order valence-corrected chi connectivity index (χ4v) is 8.27. The van der Waals surface area contributed by atoms with Crippen molar-refractivity contribution in [2.24, 2.45) is 0 Å². The van der Waals surface area contributed by atoms with Crippen LogP contribution in [0.5, 0.6) is 5.75 Å². The Morgan fingerprint density at radius 3 is 1.58 bits per heavy atom. The maximum Gasteiger partial charge on any atom is 0.128 e. The van der Waals surface area contributed by atoms with E-state index >= 15 is 0 Å². The van der Waals surface area contributed by atoms with E-state index < -0.39 is 15.5 Å². The molecule has 3 aromatic carbocycles. The summed E-state index contributed by atoms with van der Waals surface area (Å²) >= 11 is 6.36. The van der Waals surface area contributed by atoms with Gasteiger partial charge in [-0.15, -0.1) is 0 Å². The Morgan fingerprint density at radius 2 is 1.09 bits per heavy atom. The van der Waals surface area contributed by atoms with Crippen LogP contribution in [0.2, 0.25) is 0 Å². The molecule has 0 bridgehead atoms. The van der Waals surface area contributed by atoms with Crippen molar-refractivity contribution in [2.75, 3.05) is 33.3 Å². The third kappa shape index (κ3) is 8.06. The zero-order valence-corrected chi connectivity index (χ0v) is 23.0. The van der Waals surface area contributed by atoms with Gasteiger partial charge in [0.05, 0.1) is 14.5 Å². The lowest BCUT2D eigenvalue weighted by Gasteiger charge is -2.31. The summed E-state index contributed by atoms with van der Waals surface area (Å²) in [6.45, 7) is 12.8. The number of hydrogen-bond donors (Lipinski definition) is 0. The molecule has 0 aromatic heterocycles. The summed E-state index contributed by atoms with van der Waals surface area (Å²) in [5, 5.41) is 3.90. The molecule has 3 rings (SSSR count). The SMILES string of the molecule is CCN(CC)P(Cl)c1ccccc1.CCN(CC)P(c1ccccc1)c1ccccc1OC. The number of hydrogen-bond acceptors (Lipinski definition) is 3. The van der Waals surface area contributed by atoms with Crippen molar-refractivity contribution in [1.82, 2.24) is 9.34 Å². The van der Waals surface area contributed by atoms with Crippen LogP contribution in [0.4, 0.5) is 0 Å². The molecular weight excluding hydrogens is 466 g/mol. The van der Waals surface area contributed by atoms with Gasteiger partial charge in [0.15, 0.2) is 0 Å². The molecule has 0 aliphatic rings. The number of benzene rings is 3. The van der Waals surface area contributed by atoms with Gasteiger partial charge >= 0.3 is 0 Å². The maximum atomic E-state index is 6.36. The molecule has 0 saturated heterocycles. The van der Waals surface area contributed by atoms with Gasteiger partial charge in [-0.2, -0.15) is 0 Å². The predicted octanol–water partition coefficient (Wildman–Crippen LogP) is 6.59. The summed E-state index contributed by atoms with van der Waals surface area (Å²) in [6, 6.07) is 29.4. The molecule has 0 heterocycles. The van der Waals surface area contributed by atoms with E-state index in [1.54, 1.807) is 7.11 Å². The molecule has 3 nitrogen and oxygen atoms in total. The van der Waals surface area contributed by atoms with E-state index in [2.05, 4.69) is 97.7 Å². The molecule has 0 spiro atoms. The molecule has 2 atom stereocenters. The summed E-state index contributed by atoms with van der Waals surface area (Å²) in [4.78, 5) is 0. The first-order valence-corrected chi connectivity index (χ1v) is 15.1. The molecule has 0 aliphatic heterocycles. The lowest BCUT2D eigenvalue weighted by molar-refractivity contribution is 0.417. The van der Waals surface area contributed by atoms with Crippen LogP contribution < -0.4 is 20.7 Å². The van der Waals surface area contributed by atoms with Gasteiger partial charge in [-0.25, -0.2) is 0 Å². The highest BCUT2D eigenvalue weighted by atomic mass is 35.7. The lowest BCUT2D eigenvalue weighted by atomic mass is 10.3. The van der Waals surface area contributed by atoms with Crippen LogP contribution in [-0.4, -0.2) is 42.6 Å². The Labute approximate surface area is 208 Å². The minimum absolute atomic E-state index is 0.533. The van der Waals surface area contributed by atoms with E-state index in [1.807, 2.05) is 24.3 Å². The van der Waals surface area contributed by atoms with Crippen molar-refractivity contribution in [3.8, 4) is 5.75 Å². The monoisotopic (exact) mass is 502 g/mol. The normalized spacial score (nSPS) is 12.7. The number of methoxy groups -OCH3 is 1. The first kappa shape index (κ1) is 27.8. The molecule has 2 unspecified atom stereocenters. The minimum Gasteiger partial charge on any atom is -0.496 e. The van der Waals surface area contributed by atoms with E-state index in [1.165, 1.54) is 15.9 Å². The Bertz CT molecular complexity index is 906. The first-order chi connectivity index (χ1) is 16.1. The Kier molecular flexibility index (Phi) is 13.0. The smallest absolute Gasteiger partial charge is 0.128 e. The highest BCUT2D eigenvalue weighted by Gasteiger charge is 2.22. The maximum absolute atomic E-state index is 6.36. The van der Waals surface area contributed by atoms with Crippen molar-refractivity contribution in [2.45, 2.75) is 27.7 Å². The van der Waals surface area contributed by atoms with Crippen LogP contribution >= 0.6 is 26.7 Å². The van der Waals surface area contributed by atoms with E-state index in [4.69, 9.17) is 16.0 Å². The van der Waals surface area contributed by atoms with E-state index in [9.17, 15) is 0 Å². The third-order valence-electron chi connectivity index (χ3n) is 5.27. The van der Waals surface area contributed by atoms with Crippen LogP contribution in [0, 0.1) is 0 Å². The highest BCUT2D eigenvalue weighted by Crippen LogP contribution is 2.43. The Morgan fingerprint density at radius 1 is 0.636 bits per heavy atom. The summed E-state index contributed by atoms with van der Waals surface area (Å²) < 4.78 is 10.4. The van der Waals surface area contributed by atoms with Crippen molar-refractivity contribution in [3.05, 3.63) is 84.9 Å². The van der Waals surface area contributed by atoms with Crippen molar-refractivity contribution < 1.29 is 4.74 Å². The number of para-hydroxylation sites is 1. The molecular formula is C27H37ClN2OP2. The minimum atomic E-state index is -0.634. The van der Waals surface area contributed by atoms with E-state index in [0.717, 1.165) is 31.9 Å². The van der Waals surface area contributed by atoms with Crippen LogP contribution in [0.25, 0.3) is 0 Å². The average Bonchev–Trinajstić information content (AvgIpc) is 2.89. The summed E-state index contributed by atoms with van der Waals surface area (Å²) in [7, 11) is 0.583. The quantitative estimate of drug-likeness (QED) is 0.291. The summed E-state index contributed by atoms with van der Waals surface area (Å²) in [5.41, 5.74) is 0. The Hall–Kier alpha value is -1.47. The topological polar surface area (TPSA) is 15.7 Å². The lowest BCUT2D eigenvalue weighted by Crippen LogP contribution is -2.29. The predicted molar refractivity (Wildman–Crippen MR) is 150 cm³/mol. The fraction of sp³-hybridized carbons (Fsp3) is 0.333. The molecule has 3 aromatic rings. The van der Waals surface area contributed by atoms with Crippen molar-refractivity contribution in [1.29, 1.82) is 0 Å². The zero-order valence-electron chi connectivity index (χ0n) is 20.5. The zero-order chi connectivity index (χ0) is 24.1. The summed E-state index contributed by atoms with van der Waals surface area (Å²) in [6.07, 6.45) is 0. The molecule has 0 N–H and O–H groups in total. The largest absolute Gasteiger partial charge is 0.496 e. The van der Waals surface area contributed by atoms with Gasteiger partial charge < -0.3 is 4.74 Å². The molecule has 178 valence electrons. The second kappa shape index (κ2) is 15.4. The van der Waals surface area contributed by atoms with Gasteiger partial charge in [0.25, 0.3) is 0 Å². The second-order valence-electron chi connectivity index (χ2n) is 7.19. The van der Waals surface area contributed by atoms with Gasteiger partial charge in [0.2, 0.25) is 0 Å². The standard InChI is InChI=1S/C17H22NOP.C10H15ClNP/c1-4-18(5-2)20(15-11-7-6-8-12-15)17-14-10-9-13-16(17)19-3;1-3-12(4-2)13(11)10-8-6-5-7-9-10/h6-14H,4-5H2,1-3H3;5-9H,3-4H2,1-2H3. The average molecular weight is 503 g/mol. The highest BCUT2D eigenvalue weighted by molar-refractivity contribution is 7.88. The number of nitrogens with zero attached hydrogens (tertiary/aromatic N) is 2. The molecule has 0 radical (unpaired) electrons. The van der Waals surface area contributed by atoms with Gasteiger partial charge in [-0.05, 0) is 30.5 Å². The van der Waals surface area contributed by atoms with Gasteiger partial charge in [0, 0.05) is 31.8 Å². The fourth-order valence-electron chi connectivity index (χ4n) is 3.52. The van der Waals surface area contributed by atoms with Gasteiger partial charge in [-0.1, -0.05) is 112 Å². The molecule has 0 saturated carbocycles. The van der Waals surface area contributed by atoms with Crippen molar-refractivity contribution >= 4 is 42.7 Å². The molecule has 33 heavy (non-hydrogen) atoms. The molecule has 0 amide bonds. The number of ether oxygens (including phenoxy) is 1. The third-order valence-corrected chi connectivity index (χ3v) is 11.0. The molecule has 6 heteroatoms. The van der Waals surface area contributed by atoms with E-state index in [-0.39, 0.29) is 0 Å². The Balaban J connectivity index is 0.000000257. The second-order valence-corrected chi connectivity index (χ2v) is 11.9. The number of halogens is 1. The first-order valence-electron chi connectivity index (χ1n) is 11.6. The van der Waals surface area contributed by atoms with E-state index in [0.29, 0.717) is 0 Å². The van der Waals surface area contributed by atoms with Crippen LogP contribution in [0.15, 0.2) is 84.9 Å². The summed E-state index contributed by atoms with van der Waals surface area (Å²) in [5.74, 6) is 0.981. The van der Waals surface area contributed by atoms with Crippen LogP contribution in [0.1, 0.15) is 27.7 Å². The number of rotatable bonds is 10. The van der Waals surface area contributed by atoms with Crippen LogP contribution in [-0.2, 0) is 0 Å².